The normalized spacial score (nSPS) is 9.90. The molecular formula is C7H6ClFN. The Kier molecular flexibility index (Phi) is 2.22. The number of hydrogen-bond donors (Lipinski definition) is 0. The molecule has 0 saturated carbocycles. The fourth-order valence-electron chi connectivity index (χ4n) is 0.594. The van der Waals surface area contributed by atoms with Gasteiger partial charge in [0.25, 0.3) is 0 Å². The number of hydrogen-bond acceptors (Lipinski definition) is 1. The molecule has 0 fully saturated rings. The Morgan fingerprint density at radius 2 is 2.40 bits per heavy atom. The minimum absolute atomic E-state index is 0.0781. The van der Waals surface area contributed by atoms with Crippen LogP contribution >= 0.6 is 11.6 Å². The van der Waals surface area contributed by atoms with Gasteiger partial charge in [0.1, 0.15) is 0 Å². The van der Waals surface area contributed by atoms with E-state index in [1.165, 1.54) is 12.3 Å². The molecule has 0 spiro atoms. The molecule has 0 aliphatic heterocycles. The van der Waals surface area contributed by atoms with E-state index in [0.29, 0.717) is 0 Å². The van der Waals surface area contributed by atoms with Gasteiger partial charge in [0.2, 0.25) is 0 Å². The van der Waals surface area contributed by atoms with Crippen molar-refractivity contribution in [2.45, 2.75) is 6.92 Å². The Morgan fingerprint density at radius 1 is 1.70 bits per heavy atom. The first kappa shape index (κ1) is 7.48. The van der Waals surface area contributed by atoms with Crippen molar-refractivity contribution in [1.29, 1.82) is 0 Å². The number of nitrogens with zero attached hydrogens (tertiary/aromatic N) is 1. The molecule has 10 heavy (non-hydrogen) atoms. The molecule has 1 heterocycles. The highest BCUT2D eigenvalue weighted by Gasteiger charge is 1.99. The van der Waals surface area contributed by atoms with Gasteiger partial charge >= 0.3 is 0 Å². The summed E-state index contributed by atoms with van der Waals surface area (Å²) in [5.74, 6) is -0.475. The van der Waals surface area contributed by atoms with Gasteiger partial charge in [-0.05, 0) is 18.1 Å². The Hall–Kier alpha value is -0.630. The van der Waals surface area contributed by atoms with Crippen molar-refractivity contribution in [3.8, 4) is 0 Å². The highest BCUT2D eigenvalue weighted by Crippen LogP contribution is 2.12. The first-order chi connectivity index (χ1) is 4.74. The zero-order valence-corrected chi connectivity index (χ0v) is 6.19. The van der Waals surface area contributed by atoms with Gasteiger partial charge in [0.05, 0.1) is 0 Å². The maximum atomic E-state index is 12.6. The zero-order chi connectivity index (χ0) is 7.56. The molecule has 0 atom stereocenters. The Labute approximate surface area is 63.8 Å². The van der Waals surface area contributed by atoms with Crippen LogP contribution in [0.3, 0.4) is 0 Å². The van der Waals surface area contributed by atoms with Gasteiger partial charge in [0, 0.05) is 6.20 Å². The van der Waals surface area contributed by atoms with Crippen molar-refractivity contribution in [2.75, 3.05) is 0 Å². The van der Waals surface area contributed by atoms with E-state index in [0.717, 1.165) is 5.56 Å². The van der Waals surface area contributed by atoms with Crippen molar-refractivity contribution in [2.24, 2.45) is 0 Å². The largest absolute Gasteiger partial charge is 0.241 e. The van der Waals surface area contributed by atoms with E-state index in [2.05, 4.69) is 4.98 Å². The lowest BCUT2D eigenvalue weighted by Crippen LogP contribution is -1.85. The summed E-state index contributed by atoms with van der Waals surface area (Å²) in [5, 5.41) is -0.0781. The third kappa shape index (κ3) is 1.45. The van der Waals surface area contributed by atoms with Crippen molar-refractivity contribution >= 4 is 11.6 Å². The van der Waals surface area contributed by atoms with Gasteiger partial charge in [0.15, 0.2) is 11.0 Å². The minimum atomic E-state index is -0.475. The molecule has 0 amide bonds. The van der Waals surface area contributed by atoms with Crippen LogP contribution in [0.2, 0.25) is 5.15 Å². The number of aromatic nitrogens is 1. The van der Waals surface area contributed by atoms with Crippen LogP contribution in [0.4, 0.5) is 4.39 Å². The fraction of sp³-hybridized carbons (Fsp3) is 0.143. The molecular weight excluding hydrogens is 153 g/mol. The molecule has 1 nitrogen and oxygen atoms in total. The predicted molar refractivity (Wildman–Crippen MR) is 38.3 cm³/mol. The maximum absolute atomic E-state index is 12.6. The Bertz CT molecular complexity index is 237. The first-order valence-electron chi connectivity index (χ1n) is 2.84. The van der Waals surface area contributed by atoms with Crippen molar-refractivity contribution < 1.29 is 4.39 Å². The quantitative estimate of drug-likeness (QED) is 0.572. The summed E-state index contributed by atoms with van der Waals surface area (Å²) in [4.78, 5) is 3.61. The van der Waals surface area contributed by atoms with Gasteiger partial charge in [-0.1, -0.05) is 18.5 Å². The lowest BCUT2D eigenvalue weighted by Gasteiger charge is -1.95. The lowest BCUT2D eigenvalue weighted by atomic mass is 10.2. The number of rotatable bonds is 1. The zero-order valence-electron chi connectivity index (χ0n) is 5.44. The third-order valence-electron chi connectivity index (χ3n) is 1.15. The van der Waals surface area contributed by atoms with Crippen LogP contribution in [0.25, 0.3) is 0 Å². The van der Waals surface area contributed by atoms with Crippen LogP contribution < -0.4 is 0 Å². The van der Waals surface area contributed by atoms with Crippen molar-refractivity contribution in [1.82, 2.24) is 4.98 Å². The van der Waals surface area contributed by atoms with Gasteiger partial charge in [-0.25, -0.2) is 9.37 Å². The molecule has 1 aromatic rings. The highest BCUT2D eigenvalue weighted by molar-refractivity contribution is 6.29. The van der Waals surface area contributed by atoms with Crippen molar-refractivity contribution in [3.63, 3.8) is 0 Å². The SMILES string of the molecule is C[CH]c1cnc(Cl)c(F)c1. The van der Waals surface area contributed by atoms with Gasteiger partial charge in [-0.2, -0.15) is 0 Å². The summed E-state index contributed by atoms with van der Waals surface area (Å²) >= 11 is 5.34. The molecule has 0 N–H and O–H groups in total. The summed E-state index contributed by atoms with van der Waals surface area (Å²) in [7, 11) is 0. The molecule has 0 unspecified atom stereocenters. The molecule has 1 rings (SSSR count). The predicted octanol–water partition coefficient (Wildman–Crippen LogP) is 2.45. The summed E-state index contributed by atoms with van der Waals surface area (Å²) in [6.07, 6.45) is 3.28. The second-order valence-electron chi connectivity index (χ2n) is 1.83. The van der Waals surface area contributed by atoms with E-state index in [9.17, 15) is 4.39 Å². The van der Waals surface area contributed by atoms with E-state index in [4.69, 9.17) is 11.6 Å². The molecule has 0 bridgehead atoms. The second kappa shape index (κ2) is 2.97. The van der Waals surface area contributed by atoms with Crippen LogP contribution in [-0.4, -0.2) is 4.98 Å². The summed E-state index contributed by atoms with van der Waals surface area (Å²) in [5.41, 5.74) is 0.738. The Morgan fingerprint density at radius 3 is 2.90 bits per heavy atom. The molecule has 0 aliphatic rings. The van der Waals surface area contributed by atoms with Crippen LogP contribution in [0, 0.1) is 12.2 Å². The van der Waals surface area contributed by atoms with Crippen LogP contribution in [0.15, 0.2) is 12.3 Å². The van der Waals surface area contributed by atoms with Gasteiger partial charge in [-0.15, -0.1) is 0 Å². The lowest BCUT2D eigenvalue weighted by molar-refractivity contribution is 0.621. The average Bonchev–Trinajstić information content (AvgIpc) is 1.95. The highest BCUT2D eigenvalue weighted by atomic mass is 35.5. The number of halogens is 2. The minimum Gasteiger partial charge on any atom is -0.241 e. The molecule has 3 heteroatoms. The van der Waals surface area contributed by atoms with E-state index >= 15 is 0 Å². The number of pyridine rings is 1. The van der Waals surface area contributed by atoms with Crippen LogP contribution in [0.5, 0.6) is 0 Å². The molecule has 0 aromatic carbocycles. The molecule has 1 radical (unpaired) electrons. The van der Waals surface area contributed by atoms with E-state index in [-0.39, 0.29) is 5.15 Å². The third-order valence-corrected chi connectivity index (χ3v) is 1.43. The van der Waals surface area contributed by atoms with E-state index < -0.39 is 5.82 Å². The van der Waals surface area contributed by atoms with E-state index in [1.54, 1.807) is 6.42 Å². The monoisotopic (exact) mass is 158 g/mol. The first-order valence-corrected chi connectivity index (χ1v) is 3.22. The fourth-order valence-corrected chi connectivity index (χ4v) is 0.697. The molecule has 0 aliphatic carbocycles. The van der Waals surface area contributed by atoms with Crippen LogP contribution in [-0.2, 0) is 0 Å². The Balaban J connectivity index is 3.04. The van der Waals surface area contributed by atoms with Crippen molar-refractivity contribution in [3.05, 3.63) is 35.2 Å². The molecule has 53 valence electrons. The van der Waals surface area contributed by atoms with E-state index in [1.807, 2.05) is 6.92 Å². The second-order valence-corrected chi connectivity index (χ2v) is 2.19. The maximum Gasteiger partial charge on any atom is 0.164 e. The van der Waals surface area contributed by atoms with Gasteiger partial charge < -0.3 is 0 Å². The van der Waals surface area contributed by atoms with Gasteiger partial charge in [-0.3, -0.25) is 0 Å². The summed E-state index contributed by atoms with van der Waals surface area (Å²) in [6.45, 7) is 1.81. The summed E-state index contributed by atoms with van der Waals surface area (Å²) in [6, 6.07) is 1.34. The topological polar surface area (TPSA) is 12.9 Å². The molecule has 1 aromatic heterocycles. The summed E-state index contributed by atoms with van der Waals surface area (Å²) < 4.78 is 12.6. The molecule has 0 saturated heterocycles. The standard InChI is InChI=1S/C7H6ClFN/c1-2-5-3-6(9)7(8)10-4-5/h2-4H,1H3. The smallest absolute Gasteiger partial charge is 0.164 e. The van der Waals surface area contributed by atoms with Crippen LogP contribution in [0.1, 0.15) is 12.5 Å². The average molecular weight is 159 g/mol.